The van der Waals surface area contributed by atoms with Crippen LogP contribution in [0, 0.1) is 5.41 Å². The van der Waals surface area contributed by atoms with Crippen molar-refractivity contribution in [1.82, 2.24) is 10.6 Å². The van der Waals surface area contributed by atoms with Crippen LogP contribution in [0.4, 0.5) is 0 Å². The number of nitrogens with one attached hydrogen (secondary N) is 2. The van der Waals surface area contributed by atoms with Crippen LogP contribution in [0.3, 0.4) is 0 Å². The first-order chi connectivity index (χ1) is 9.10. The number of carbonyl (C=O) groups excluding carboxylic acids is 1. The lowest BCUT2D eigenvalue weighted by Crippen LogP contribution is -2.44. The van der Waals surface area contributed by atoms with Crippen LogP contribution in [0.1, 0.15) is 32.3 Å². The number of amides is 1. The fourth-order valence-corrected chi connectivity index (χ4v) is 2.51. The minimum atomic E-state index is -0.221. The molecule has 0 bridgehead atoms. The quantitative estimate of drug-likeness (QED) is 0.851. The largest absolute Gasteiger partial charge is 0.353 e. The smallest absolute Gasteiger partial charge is 0.227 e. The Labute approximate surface area is 115 Å². The summed E-state index contributed by atoms with van der Waals surface area (Å²) in [5.41, 5.74) is 1.11. The number of benzene rings is 1. The Bertz CT molecular complexity index is 410. The molecule has 1 saturated heterocycles. The molecule has 2 atom stereocenters. The second-order valence-electron chi connectivity index (χ2n) is 5.89. The van der Waals surface area contributed by atoms with E-state index < -0.39 is 0 Å². The highest BCUT2D eigenvalue weighted by Gasteiger charge is 2.36. The average Bonchev–Trinajstić information content (AvgIpc) is 2.86. The highest BCUT2D eigenvalue weighted by Crippen LogP contribution is 2.24. The molecule has 0 radical (unpaired) electrons. The Morgan fingerprint density at radius 3 is 2.79 bits per heavy atom. The summed E-state index contributed by atoms with van der Waals surface area (Å²) in [6.45, 7) is 5.88. The van der Waals surface area contributed by atoms with E-state index >= 15 is 0 Å². The standard InChI is InChI=1S/C16H24N2O/c1-13(8-9-14-6-4-3-5-7-14)18-15(19)16(2)10-11-17-12-16/h3-7,13,17H,8-12H2,1-2H3,(H,18,19). The van der Waals surface area contributed by atoms with Gasteiger partial charge in [-0.05, 0) is 45.2 Å². The van der Waals surface area contributed by atoms with Crippen molar-refractivity contribution in [3.05, 3.63) is 35.9 Å². The van der Waals surface area contributed by atoms with Gasteiger partial charge >= 0.3 is 0 Å². The lowest BCUT2D eigenvalue weighted by Gasteiger charge is -2.24. The van der Waals surface area contributed by atoms with Gasteiger partial charge in [-0.3, -0.25) is 4.79 Å². The third-order valence-electron chi connectivity index (χ3n) is 4.00. The maximum atomic E-state index is 12.2. The third kappa shape index (κ3) is 3.80. The van der Waals surface area contributed by atoms with Crippen molar-refractivity contribution >= 4 is 5.91 Å². The van der Waals surface area contributed by atoms with Crippen molar-refractivity contribution in [2.24, 2.45) is 5.41 Å². The zero-order chi connectivity index (χ0) is 13.7. The van der Waals surface area contributed by atoms with E-state index in [1.807, 2.05) is 13.0 Å². The van der Waals surface area contributed by atoms with Crippen molar-refractivity contribution in [2.75, 3.05) is 13.1 Å². The minimum absolute atomic E-state index is 0.193. The molecule has 1 fully saturated rings. The van der Waals surface area contributed by atoms with Gasteiger partial charge in [0.2, 0.25) is 5.91 Å². The monoisotopic (exact) mass is 260 g/mol. The summed E-state index contributed by atoms with van der Waals surface area (Å²) in [6.07, 6.45) is 2.93. The number of hydrogen-bond acceptors (Lipinski definition) is 2. The first-order valence-electron chi connectivity index (χ1n) is 7.16. The fourth-order valence-electron chi connectivity index (χ4n) is 2.51. The molecule has 0 aromatic heterocycles. The molecule has 1 aliphatic rings. The van der Waals surface area contributed by atoms with E-state index in [0.29, 0.717) is 0 Å². The SMILES string of the molecule is CC(CCc1ccccc1)NC(=O)C1(C)CCNC1. The summed E-state index contributed by atoms with van der Waals surface area (Å²) in [7, 11) is 0. The average molecular weight is 260 g/mol. The molecule has 1 heterocycles. The van der Waals surface area contributed by atoms with Crippen LogP contribution in [0.5, 0.6) is 0 Å². The first-order valence-corrected chi connectivity index (χ1v) is 7.16. The topological polar surface area (TPSA) is 41.1 Å². The Morgan fingerprint density at radius 2 is 2.16 bits per heavy atom. The molecule has 0 aliphatic carbocycles. The minimum Gasteiger partial charge on any atom is -0.353 e. The van der Waals surface area contributed by atoms with Gasteiger partial charge in [-0.25, -0.2) is 0 Å². The normalized spacial score (nSPS) is 24.1. The van der Waals surface area contributed by atoms with Crippen LogP contribution in [0.25, 0.3) is 0 Å². The van der Waals surface area contributed by atoms with Crippen LogP contribution in [0.2, 0.25) is 0 Å². The van der Waals surface area contributed by atoms with Crippen molar-refractivity contribution < 1.29 is 4.79 Å². The molecule has 2 unspecified atom stereocenters. The van der Waals surface area contributed by atoms with E-state index in [2.05, 4.69) is 41.8 Å². The number of hydrogen-bond donors (Lipinski definition) is 2. The van der Waals surface area contributed by atoms with E-state index in [1.54, 1.807) is 0 Å². The van der Waals surface area contributed by atoms with Gasteiger partial charge in [-0.2, -0.15) is 0 Å². The third-order valence-corrected chi connectivity index (χ3v) is 4.00. The first kappa shape index (κ1) is 14.1. The summed E-state index contributed by atoms with van der Waals surface area (Å²) in [6, 6.07) is 10.6. The van der Waals surface area contributed by atoms with Crippen molar-refractivity contribution in [1.29, 1.82) is 0 Å². The van der Waals surface area contributed by atoms with Crippen molar-refractivity contribution in [3.8, 4) is 0 Å². The maximum absolute atomic E-state index is 12.2. The molecule has 2 rings (SSSR count). The molecule has 3 nitrogen and oxygen atoms in total. The molecule has 1 aromatic carbocycles. The Hall–Kier alpha value is -1.35. The Balaban J connectivity index is 1.78. The highest BCUT2D eigenvalue weighted by atomic mass is 16.2. The second-order valence-corrected chi connectivity index (χ2v) is 5.89. The van der Waals surface area contributed by atoms with E-state index in [0.717, 1.165) is 32.4 Å². The Kier molecular flexibility index (Phi) is 4.59. The second kappa shape index (κ2) is 6.20. The van der Waals surface area contributed by atoms with Crippen LogP contribution < -0.4 is 10.6 Å². The molecule has 1 amide bonds. The van der Waals surface area contributed by atoms with Gasteiger partial charge in [0, 0.05) is 12.6 Å². The molecule has 0 spiro atoms. The zero-order valence-corrected chi connectivity index (χ0v) is 11.9. The van der Waals surface area contributed by atoms with E-state index in [4.69, 9.17) is 0 Å². The van der Waals surface area contributed by atoms with Crippen LogP contribution in [-0.4, -0.2) is 25.0 Å². The van der Waals surface area contributed by atoms with Gasteiger partial charge in [0.15, 0.2) is 0 Å². The summed E-state index contributed by atoms with van der Waals surface area (Å²) in [4.78, 5) is 12.2. The van der Waals surface area contributed by atoms with E-state index in [-0.39, 0.29) is 17.4 Å². The van der Waals surface area contributed by atoms with E-state index in [9.17, 15) is 4.79 Å². The van der Waals surface area contributed by atoms with Gasteiger partial charge in [0.25, 0.3) is 0 Å². The zero-order valence-electron chi connectivity index (χ0n) is 11.9. The molecular weight excluding hydrogens is 236 g/mol. The number of rotatable bonds is 5. The Morgan fingerprint density at radius 1 is 1.42 bits per heavy atom. The molecular formula is C16H24N2O. The molecule has 1 aliphatic heterocycles. The van der Waals surface area contributed by atoms with Gasteiger partial charge in [0.1, 0.15) is 0 Å². The van der Waals surface area contributed by atoms with Gasteiger partial charge in [-0.15, -0.1) is 0 Å². The highest BCUT2D eigenvalue weighted by molar-refractivity contribution is 5.83. The summed E-state index contributed by atoms with van der Waals surface area (Å²) < 4.78 is 0. The van der Waals surface area contributed by atoms with Crippen molar-refractivity contribution in [2.45, 2.75) is 39.2 Å². The lowest BCUT2D eigenvalue weighted by molar-refractivity contribution is -0.129. The van der Waals surface area contributed by atoms with Crippen LogP contribution >= 0.6 is 0 Å². The molecule has 104 valence electrons. The predicted octanol–water partition coefficient (Wildman–Crippen LogP) is 2.12. The van der Waals surface area contributed by atoms with Crippen LogP contribution in [0.15, 0.2) is 30.3 Å². The summed E-state index contributed by atoms with van der Waals surface area (Å²) >= 11 is 0. The number of carbonyl (C=O) groups is 1. The van der Waals surface area contributed by atoms with Crippen LogP contribution in [-0.2, 0) is 11.2 Å². The van der Waals surface area contributed by atoms with Gasteiger partial charge < -0.3 is 10.6 Å². The molecule has 19 heavy (non-hydrogen) atoms. The molecule has 3 heteroatoms. The summed E-state index contributed by atoms with van der Waals surface area (Å²) in [5, 5.41) is 6.42. The van der Waals surface area contributed by atoms with E-state index in [1.165, 1.54) is 5.56 Å². The molecule has 0 saturated carbocycles. The molecule has 1 aromatic rings. The maximum Gasteiger partial charge on any atom is 0.227 e. The lowest BCUT2D eigenvalue weighted by atomic mass is 9.88. The van der Waals surface area contributed by atoms with Gasteiger partial charge in [0.05, 0.1) is 5.41 Å². The fraction of sp³-hybridized carbons (Fsp3) is 0.562. The predicted molar refractivity (Wildman–Crippen MR) is 78.0 cm³/mol. The summed E-state index contributed by atoms with van der Waals surface area (Å²) in [5.74, 6) is 0.193. The molecule has 2 N–H and O–H groups in total. The number of aryl methyl sites for hydroxylation is 1. The van der Waals surface area contributed by atoms with Gasteiger partial charge in [-0.1, -0.05) is 30.3 Å². The van der Waals surface area contributed by atoms with Crippen molar-refractivity contribution in [3.63, 3.8) is 0 Å².